The van der Waals surface area contributed by atoms with Crippen LogP contribution in [0.2, 0.25) is 0 Å². The molecule has 6 nitrogen and oxygen atoms in total. The van der Waals surface area contributed by atoms with Gasteiger partial charge in [-0.1, -0.05) is 82.6 Å². The number of aryl methyl sites for hydroxylation is 1. The number of benzene rings is 1. The largest absolute Gasteiger partial charge is 0.314 e. The van der Waals surface area contributed by atoms with Gasteiger partial charge in [0.1, 0.15) is 18.9 Å². The van der Waals surface area contributed by atoms with Crippen molar-refractivity contribution in [1.82, 2.24) is 25.4 Å². The van der Waals surface area contributed by atoms with Crippen LogP contribution < -0.4 is 20.5 Å². The molecule has 0 spiro atoms. The van der Waals surface area contributed by atoms with Gasteiger partial charge in [0.05, 0.1) is 6.54 Å². The van der Waals surface area contributed by atoms with Crippen LogP contribution in [0.5, 0.6) is 0 Å². The Balaban J connectivity index is 1.32. The maximum absolute atomic E-state index is 3.56. The molecule has 0 saturated carbocycles. The second-order valence-electron chi connectivity index (χ2n) is 10.8. The van der Waals surface area contributed by atoms with E-state index in [0.717, 1.165) is 72.0 Å². The normalized spacial score (nSPS) is 16.4. The third kappa shape index (κ3) is 13.6. The van der Waals surface area contributed by atoms with E-state index in [-0.39, 0.29) is 0 Å². The predicted octanol–water partition coefficient (Wildman–Crippen LogP) is 4.33. The van der Waals surface area contributed by atoms with Crippen LogP contribution in [0.25, 0.3) is 0 Å². The van der Waals surface area contributed by atoms with Crippen molar-refractivity contribution >= 4 is 0 Å². The number of aromatic nitrogens is 2. The standard InChI is InChI=1S/C31H55N6/c1-2-3-4-5-6-7-8-9-10-11-22-36-25-26-37(29-36)28-31-14-12-30(13-15-31)27-35-23-20-33-18-16-32-17-19-34-21-24-35/h12-15,25-26,29,32-34H,2-11,16-24,27-28H2,1H3/q+1. The van der Waals surface area contributed by atoms with Gasteiger partial charge in [0.25, 0.3) is 0 Å². The lowest BCUT2D eigenvalue weighted by molar-refractivity contribution is -0.687. The van der Waals surface area contributed by atoms with Crippen LogP contribution in [-0.2, 0) is 19.6 Å². The summed E-state index contributed by atoms with van der Waals surface area (Å²) in [5.74, 6) is 0. The van der Waals surface area contributed by atoms with Gasteiger partial charge in [-0.05, 0) is 24.0 Å². The molecule has 6 heteroatoms. The maximum Gasteiger partial charge on any atom is 0.244 e. The first-order valence-corrected chi connectivity index (χ1v) is 15.3. The fourth-order valence-corrected chi connectivity index (χ4v) is 5.14. The van der Waals surface area contributed by atoms with Crippen molar-refractivity contribution in [3.63, 3.8) is 0 Å². The Morgan fingerprint density at radius 2 is 1.22 bits per heavy atom. The minimum atomic E-state index is 0.941. The first-order chi connectivity index (χ1) is 18.3. The number of nitrogens with zero attached hydrogens (tertiary/aromatic N) is 3. The average molecular weight is 512 g/mol. The second-order valence-corrected chi connectivity index (χ2v) is 10.8. The summed E-state index contributed by atoms with van der Waals surface area (Å²) >= 11 is 0. The van der Waals surface area contributed by atoms with E-state index >= 15 is 0 Å². The quantitative estimate of drug-likeness (QED) is 0.246. The Morgan fingerprint density at radius 3 is 1.84 bits per heavy atom. The Hall–Kier alpha value is -1.73. The molecule has 1 saturated heterocycles. The molecule has 0 bridgehead atoms. The van der Waals surface area contributed by atoms with E-state index in [1.165, 1.54) is 75.3 Å². The highest BCUT2D eigenvalue weighted by atomic mass is 15.2. The molecule has 2 heterocycles. The summed E-state index contributed by atoms with van der Waals surface area (Å²) < 4.78 is 4.67. The highest BCUT2D eigenvalue weighted by Crippen LogP contribution is 2.11. The number of nitrogens with one attached hydrogen (secondary N) is 3. The Morgan fingerprint density at radius 1 is 0.676 bits per heavy atom. The number of hydrogen-bond acceptors (Lipinski definition) is 4. The molecular weight excluding hydrogens is 456 g/mol. The molecule has 1 aliphatic rings. The summed E-state index contributed by atoms with van der Waals surface area (Å²) in [6, 6.07) is 9.25. The number of hydrogen-bond donors (Lipinski definition) is 3. The van der Waals surface area contributed by atoms with Crippen LogP contribution in [0.3, 0.4) is 0 Å². The molecule has 0 aliphatic carbocycles. The lowest BCUT2D eigenvalue weighted by atomic mass is 10.1. The fraction of sp³-hybridized carbons (Fsp3) is 0.710. The number of unbranched alkanes of at least 4 members (excludes halogenated alkanes) is 9. The van der Waals surface area contributed by atoms with E-state index in [2.05, 4.69) is 79.9 Å². The van der Waals surface area contributed by atoms with Crippen molar-refractivity contribution in [3.8, 4) is 0 Å². The van der Waals surface area contributed by atoms with Gasteiger partial charge < -0.3 is 16.0 Å². The van der Waals surface area contributed by atoms with E-state index in [1.54, 1.807) is 0 Å². The van der Waals surface area contributed by atoms with Crippen LogP contribution in [0.1, 0.15) is 82.3 Å². The van der Waals surface area contributed by atoms with E-state index < -0.39 is 0 Å². The molecule has 3 rings (SSSR count). The smallest absolute Gasteiger partial charge is 0.244 e. The third-order valence-electron chi connectivity index (χ3n) is 7.48. The van der Waals surface area contributed by atoms with Crippen molar-refractivity contribution in [2.24, 2.45) is 0 Å². The second kappa shape index (κ2) is 19.4. The molecule has 0 atom stereocenters. The Labute approximate surface area is 227 Å². The van der Waals surface area contributed by atoms with Crippen LogP contribution in [0, 0.1) is 0 Å². The SMILES string of the molecule is CCCCCCCCCCCCn1cc[n+](Cc2ccc(CN3CCNCCNCCNCC3)cc2)c1. The predicted molar refractivity (Wildman–Crippen MR) is 156 cm³/mol. The molecule has 1 aromatic carbocycles. The Kier molecular flexibility index (Phi) is 15.6. The number of rotatable bonds is 15. The molecule has 1 aliphatic heterocycles. The first kappa shape index (κ1) is 29.8. The fourth-order valence-electron chi connectivity index (χ4n) is 5.14. The highest BCUT2D eigenvalue weighted by Gasteiger charge is 2.08. The van der Waals surface area contributed by atoms with Gasteiger partial charge >= 0.3 is 0 Å². The molecular formula is C31H55N6+. The molecule has 0 radical (unpaired) electrons. The average Bonchev–Trinajstić information content (AvgIpc) is 3.35. The third-order valence-corrected chi connectivity index (χ3v) is 7.48. The first-order valence-electron chi connectivity index (χ1n) is 15.3. The van der Waals surface area contributed by atoms with E-state index in [0.29, 0.717) is 0 Å². The molecule has 1 fully saturated rings. The monoisotopic (exact) mass is 511 g/mol. The molecule has 0 unspecified atom stereocenters. The topological polar surface area (TPSA) is 48.1 Å². The zero-order valence-electron chi connectivity index (χ0n) is 23.7. The molecule has 37 heavy (non-hydrogen) atoms. The molecule has 208 valence electrons. The van der Waals surface area contributed by atoms with Crippen LogP contribution in [-0.4, -0.2) is 61.8 Å². The summed E-state index contributed by atoms with van der Waals surface area (Å²) in [5, 5.41) is 10.6. The minimum Gasteiger partial charge on any atom is -0.314 e. The summed E-state index contributed by atoms with van der Waals surface area (Å²) in [6.45, 7) is 13.8. The molecule has 2 aromatic rings. The summed E-state index contributed by atoms with van der Waals surface area (Å²) in [5.41, 5.74) is 2.77. The zero-order valence-corrected chi connectivity index (χ0v) is 23.7. The van der Waals surface area contributed by atoms with Gasteiger partial charge in [-0.15, -0.1) is 0 Å². The van der Waals surface area contributed by atoms with Crippen molar-refractivity contribution in [2.75, 3.05) is 52.4 Å². The van der Waals surface area contributed by atoms with Crippen molar-refractivity contribution in [3.05, 3.63) is 54.1 Å². The lowest BCUT2D eigenvalue weighted by Gasteiger charge is -2.24. The van der Waals surface area contributed by atoms with Crippen molar-refractivity contribution < 1.29 is 4.57 Å². The van der Waals surface area contributed by atoms with Crippen molar-refractivity contribution in [2.45, 2.75) is 90.8 Å². The van der Waals surface area contributed by atoms with Gasteiger partial charge in [0, 0.05) is 58.9 Å². The zero-order chi connectivity index (χ0) is 25.8. The minimum absolute atomic E-state index is 0.941. The van der Waals surface area contributed by atoms with Gasteiger partial charge in [0.2, 0.25) is 6.33 Å². The van der Waals surface area contributed by atoms with Gasteiger partial charge in [-0.25, -0.2) is 9.13 Å². The van der Waals surface area contributed by atoms with Gasteiger partial charge in [-0.3, -0.25) is 4.90 Å². The van der Waals surface area contributed by atoms with Crippen LogP contribution in [0.15, 0.2) is 43.0 Å². The number of imidazole rings is 1. The maximum atomic E-state index is 3.56. The van der Waals surface area contributed by atoms with E-state index in [4.69, 9.17) is 0 Å². The molecule has 1 aromatic heterocycles. The van der Waals surface area contributed by atoms with Gasteiger partial charge in [-0.2, -0.15) is 0 Å². The van der Waals surface area contributed by atoms with Crippen molar-refractivity contribution in [1.29, 1.82) is 0 Å². The molecule has 3 N–H and O–H groups in total. The summed E-state index contributed by atoms with van der Waals surface area (Å²) in [7, 11) is 0. The van der Waals surface area contributed by atoms with E-state index in [1.807, 2.05) is 0 Å². The highest BCUT2D eigenvalue weighted by molar-refractivity contribution is 5.21. The van der Waals surface area contributed by atoms with Crippen LogP contribution in [0.4, 0.5) is 0 Å². The van der Waals surface area contributed by atoms with Gasteiger partial charge in [0.15, 0.2) is 0 Å². The summed E-state index contributed by atoms with van der Waals surface area (Å²) in [4.78, 5) is 2.56. The lowest BCUT2D eigenvalue weighted by Crippen LogP contribution is -2.41. The van der Waals surface area contributed by atoms with Crippen LogP contribution >= 0.6 is 0 Å². The summed E-state index contributed by atoms with van der Waals surface area (Å²) in [6.07, 6.45) is 20.7. The Bertz CT molecular complexity index is 790. The molecule has 0 amide bonds. The van der Waals surface area contributed by atoms with E-state index in [9.17, 15) is 0 Å².